The van der Waals surface area contributed by atoms with Gasteiger partial charge in [0.05, 0.1) is 6.04 Å². The molecule has 0 radical (unpaired) electrons. The topological polar surface area (TPSA) is 41.1 Å². The predicted molar refractivity (Wildman–Crippen MR) is 80.5 cm³/mol. The quantitative estimate of drug-likeness (QED) is 0.857. The minimum Gasteiger partial charge on any atom is -0.335 e. The summed E-state index contributed by atoms with van der Waals surface area (Å²) in [5.74, 6) is 0.385. The van der Waals surface area contributed by atoms with Gasteiger partial charge < -0.3 is 10.6 Å². The Morgan fingerprint density at radius 1 is 1.19 bits per heavy atom. The van der Waals surface area contributed by atoms with Crippen molar-refractivity contribution in [2.75, 3.05) is 0 Å². The van der Waals surface area contributed by atoms with Gasteiger partial charge in [-0.25, -0.2) is 9.18 Å². The van der Waals surface area contributed by atoms with Crippen molar-refractivity contribution < 1.29 is 9.18 Å². The van der Waals surface area contributed by atoms with Gasteiger partial charge in [0, 0.05) is 6.04 Å². The van der Waals surface area contributed by atoms with Crippen LogP contribution in [-0.2, 0) is 6.42 Å². The summed E-state index contributed by atoms with van der Waals surface area (Å²) in [6, 6.07) is 5.22. The highest BCUT2D eigenvalue weighted by molar-refractivity contribution is 5.75. The standard InChI is InChI=1S/C17H23FN2O/c1-11-5-2-3-8-15(11)19-17(21)20-16-10-9-12-13(16)6-4-7-14(12)18/h4,6-7,11,15-16H,2-3,5,8-10H2,1H3,(H2,19,20,21). The molecule has 2 aliphatic rings. The van der Waals surface area contributed by atoms with Gasteiger partial charge >= 0.3 is 6.03 Å². The molecule has 1 fully saturated rings. The van der Waals surface area contributed by atoms with Crippen molar-refractivity contribution in [3.8, 4) is 0 Å². The fourth-order valence-corrected chi connectivity index (χ4v) is 3.66. The van der Waals surface area contributed by atoms with Crippen LogP contribution in [0.3, 0.4) is 0 Å². The summed E-state index contributed by atoms with van der Waals surface area (Å²) in [4.78, 5) is 12.2. The lowest BCUT2D eigenvalue weighted by atomic mass is 9.86. The number of hydrogen-bond acceptors (Lipinski definition) is 1. The lowest BCUT2D eigenvalue weighted by Gasteiger charge is -2.30. The second-order valence-electron chi connectivity index (χ2n) is 6.38. The van der Waals surface area contributed by atoms with Gasteiger partial charge in [-0.05, 0) is 48.8 Å². The van der Waals surface area contributed by atoms with E-state index in [9.17, 15) is 9.18 Å². The van der Waals surface area contributed by atoms with E-state index < -0.39 is 0 Å². The molecule has 1 aromatic carbocycles. The van der Waals surface area contributed by atoms with Crippen LogP contribution in [0.25, 0.3) is 0 Å². The number of urea groups is 1. The molecule has 4 heteroatoms. The average Bonchev–Trinajstić information content (AvgIpc) is 2.86. The second kappa shape index (κ2) is 6.04. The lowest BCUT2D eigenvalue weighted by molar-refractivity contribution is 0.218. The minimum absolute atomic E-state index is 0.0606. The number of fused-ring (bicyclic) bond motifs is 1. The number of carbonyl (C=O) groups is 1. The molecule has 0 spiro atoms. The monoisotopic (exact) mass is 290 g/mol. The van der Waals surface area contributed by atoms with E-state index in [1.807, 2.05) is 6.07 Å². The largest absolute Gasteiger partial charge is 0.335 e. The van der Waals surface area contributed by atoms with E-state index in [1.165, 1.54) is 25.3 Å². The molecule has 3 nitrogen and oxygen atoms in total. The van der Waals surface area contributed by atoms with Gasteiger partial charge in [-0.3, -0.25) is 0 Å². The van der Waals surface area contributed by atoms with Crippen molar-refractivity contribution in [1.82, 2.24) is 10.6 Å². The Bertz CT molecular complexity index is 532. The number of carbonyl (C=O) groups excluding carboxylic acids is 1. The van der Waals surface area contributed by atoms with Crippen molar-refractivity contribution in [2.24, 2.45) is 5.92 Å². The number of halogens is 1. The first-order valence-corrected chi connectivity index (χ1v) is 7.99. The van der Waals surface area contributed by atoms with Crippen LogP contribution in [0.15, 0.2) is 18.2 Å². The number of benzene rings is 1. The molecular formula is C17H23FN2O. The molecule has 2 amide bonds. The van der Waals surface area contributed by atoms with E-state index in [4.69, 9.17) is 0 Å². The van der Waals surface area contributed by atoms with Crippen LogP contribution >= 0.6 is 0 Å². The zero-order valence-electron chi connectivity index (χ0n) is 12.5. The molecule has 0 heterocycles. The van der Waals surface area contributed by atoms with Crippen LogP contribution in [-0.4, -0.2) is 12.1 Å². The fourth-order valence-electron chi connectivity index (χ4n) is 3.66. The van der Waals surface area contributed by atoms with E-state index in [1.54, 1.807) is 6.07 Å². The van der Waals surface area contributed by atoms with Crippen LogP contribution in [0.4, 0.5) is 9.18 Å². The SMILES string of the molecule is CC1CCCCC1NC(=O)NC1CCc2c(F)cccc21. The molecule has 3 unspecified atom stereocenters. The number of amides is 2. The van der Waals surface area contributed by atoms with Crippen molar-refractivity contribution in [2.45, 2.75) is 57.5 Å². The van der Waals surface area contributed by atoms with Crippen LogP contribution in [0.2, 0.25) is 0 Å². The van der Waals surface area contributed by atoms with Gasteiger partial charge in [0.15, 0.2) is 0 Å². The molecule has 1 saturated carbocycles. The molecule has 1 aromatic rings. The van der Waals surface area contributed by atoms with Gasteiger partial charge in [-0.2, -0.15) is 0 Å². The molecule has 0 saturated heterocycles. The van der Waals surface area contributed by atoms with Crippen LogP contribution < -0.4 is 10.6 Å². The number of rotatable bonds is 2. The summed E-state index contributed by atoms with van der Waals surface area (Å²) >= 11 is 0. The Hall–Kier alpha value is -1.58. The highest BCUT2D eigenvalue weighted by Gasteiger charge is 2.28. The lowest BCUT2D eigenvalue weighted by Crippen LogP contribution is -2.46. The Labute approximate surface area is 125 Å². The molecule has 3 rings (SSSR count). The van der Waals surface area contributed by atoms with Crippen LogP contribution in [0.1, 0.15) is 56.2 Å². The normalized spacial score (nSPS) is 28.0. The Kier molecular flexibility index (Phi) is 4.13. The third-order valence-electron chi connectivity index (χ3n) is 4.95. The third kappa shape index (κ3) is 3.04. The summed E-state index contributed by atoms with van der Waals surface area (Å²) < 4.78 is 13.7. The summed E-state index contributed by atoms with van der Waals surface area (Å²) in [6.45, 7) is 2.20. The molecule has 3 atom stereocenters. The van der Waals surface area contributed by atoms with Crippen molar-refractivity contribution in [1.29, 1.82) is 0 Å². The number of nitrogens with one attached hydrogen (secondary N) is 2. The van der Waals surface area contributed by atoms with Gasteiger partial charge in [0.2, 0.25) is 0 Å². The van der Waals surface area contributed by atoms with E-state index in [0.29, 0.717) is 12.3 Å². The Morgan fingerprint density at radius 2 is 2.00 bits per heavy atom. The maximum atomic E-state index is 13.7. The van der Waals surface area contributed by atoms with Gasteiger partial charge in [0.25, 0.3) is 0 Å². The molecule has 114 valence electrons. The zero-order chi connectivity index (χ0) is 14.8. The summed E-state index contributed by atoms with van der Waals surface area (Å²) in [5.41, 5.74) is 1.69. The number of hydrogen-bond donors (Lipinski definition) is 2. The Balaban J connectivity index is 1.60. The molecule has 0 aromatic heterocycles. The van der Waals surface area contributed by atoms with Gasteiger partial charge in [-0.15, -0.1) is 0 Å². The maximum absolute atomic E-state index is 13.7. The first-order chi connectivity index (χ1) is 10.1. The summed E-state index contributed by atoms with van der Waals surface area (Å²) in [7, 11) is 0. The highest BCUT2D eigenvalue weighted by Crippen LogP contribution is 2.32. The molecule has 2 N–H and O–H groups in total. The molecule has 21 heavy (non-hydrogen) atoms. The zero-order valence-corrected chi connectivity index (χ0v) is 12.5. The minimum atomic E-state index is -0.155. The summed E-state index contributed by atoms with van der Waals surface area (Å²) in [6.07, 6.45) is 6.17. The van der Waals surface area contributed by atoms with E-state index in [2.05, 4.69) is 17.6 Å². The third-order valence-corrected chi connectivity index (χ3v) is 4.95. The predicted octanol–water partition coefficient (Wildman–Crippen LogP) is 3.69. The molecular weight excluding hydrogens is 267 g/mol. The first-order valence-electron chi connectivity index (χ1n) is 7.99. The van der Waals surface area contributed by atoms with Crippen molar-refractivity contribution in [3.05, 3.63) is 35.1 Å². The van der Waals surface area contributed by atoms with Gasteiger partial charge in [0.1, 0.15) is 5.82 Å². The average molecular weight is 290 g/mol. The van der Waals surface area contributed by atoms with E-state index >= 15 is 0 Å². The summed E-state index contributed by atoms with van der Waals surface area (Å²) in [5, 5.41) is 6.11. The van der Waals surface area contributed by atoms with Crippen LogP contribution in [0, 0.1) is 11.7 Å². The first kappa shape index (κ1) is 14.4. The van der Waals surface area contributed by atoms with E-state index in [0.717, 1.165) is 24.0 Å². The van der Waals surface area contributed by atoms with Crippen molar-refractivity contribution in [3.63, 3.8) is 0 Å². The fraction of sp³-hybridized carbons (Fsp3) is 0.588. The smallest absolute Gasteiger partial charge is 0.315 e. The maximum Gasteiger partial charge on any atom is 0.315 e. The van der Waals surface area contributed by atoms with E-state index in [-0.39, 0.29) is 23.9 Å². The van der Waals surface area contributed by atoms with Crippen molar-refractivity contribution >= 4 is 6.03 Å². The second-order valence-corrected chi connectivity index (χ2v) is 6.38. The molecule has 2 aliphatic carbocycles. The molecule has 0 aliphatic heterocycles. The molecule has 0 bridgehead atoms. The Morgan fingerprint density at radius 3 is 2.81 bits per heavy atom. The highest BCUT2D eigenvalue weighted by atomic mass is 19.1. The van der Waals surface area contributed by atoms with Crippen LogP contribution in [0.5, 0.6) is 0 Å². The van der Waals surface area contributed by atoms with Gasteiger partial charge in [-0.1, -0.05) is 31.9 Å².